The van der Waals surface area contributed by atoms with Gasteiger partial charge in [0.2, 0.25) is 0 Å². The number of aromatic nitrogens is 2. The smallest absolute Gasteiger partial charge is 0.307 e. The average molecular weight is 226 g/mol. The van der Waals surface area contributed by atoms with Crippen LogP contribution in [0.2, 0.25) is 0 Å². The molecule has 4 nitrogen and oxygen atoms in total. The Bertz CT molecular complexity index is 345. The Kier molecular flexibility index (Phi) is 3.30. The Morgan fingerprint density at radius 3 is 3.27 bits per heavy atom. The quantitative estimate of drug-likeness (QED) is 0.850. The highest BCUT2D eigenvalue weighted by atomic mass is 32.2. The van der Waals surface area contributed by atoms with E-state index in [9.17, 15) is 4.79 Å². The van der Waals surface area contributed by atoms with E-state index in [0.717, 1.165) is 17.7 Å². The van der Waals surface area contributed by atoms with Gasteiger partial charge in [0.15, 0.2) is 0 Å². The Hall–Kier alpha value is -0.970. The summed E-state index contributed by atoms with van der Waals surface area (Å²) in [4.78, 5) is 10.5. The molecule has 0 amide bonds. The lowest BCUT2D eigenvalue weighted by atomic mass is 10.2. The third-order valence-electron chi connectivity index (χ3n) is 2.52. The predicted molar refractivity (Wildman–Crippen MR) is 59.2 cm³/mol. The number of carboxylic acid groups (broad SMARTS) is 1. The SMILES string of the molecule is O=C(O)Cc1cnn(C2CCCSC2)c1. The Labute approximate surface area is 92.7 Å². The molecule has 0 saturated carbocycles. The highest BCUT2D eigenvalue weighted by Crippen LogP contribution is 2.26. The van der Waals surface area contributed by atoms with Gasteiger partial charge in [-0.05, 0) is 18.6 Å². The number of aliphatic carboxylic acids is 1. The zero-order valence-electron chi connectivity index (χ0n) is 8.43. The van der Waals surface area contributed by atoms with Gasteiger partial charge in [-0.2, -0.15) is 16.9 Å². The maximum atomic E-state index is 10.5. The van der Waals surface area contributed by atoms with Gasteiger partial charge < -0.3 is 5.11 Å². The number of hydrogen-bond acceptors (Lipinski definition) is 3. The summed E-state index contributed by atoms with van der Waals surface area (Å²) in [5.41, 5.74) is 0.790. The number of thioether (sulfide) groups is 1. The molecule has 1 atom stereocenters. The highest BCUT2D eigenvalue weighted by Gasteiger charge is 2.16. The van der Waals surface area contributed by atoms with E-state index < -0.39 is 5.97 Å². The molecule has 15 heavy (non-hydrogen) atoms. The number of rotatable bonds is 3. The number of nitrogens with zero attached hydrogens (tertiary/aromatic N) is 2. The summed E-state index contributed by atoms with van der Waals surface area (Å²) in [7, 11) is 0. The Balaban J connectivity index is 2.02. The molecule has 1 aromatic rings. The normalized spacial score (nSPS) is 21.5. The van der Waals surface area contributed by atoms with Crippen LogP contribution < -0.4 is 0 Å². The molecule has 1 N–H and O–H groups in total. The third kappa shape index (κ3) is 2.75. The first kappa shape index (κ1) is 10.5. The van der Waals surface area contributed by atoms with Crippen molar-refractivity contribution < 1.29 is 9.90 Å². The van der Waals surface area contributed by atoms with Crippen molar-refractivity contribution >= 4 is 17.7 Å². The lowest BCUT2D eigenvalue weighted by Crippen LogP contribution is -2.16. The maximum Gasteiger partial charge on any atom is 0.307 e. The molecule has 1 aliphatic heterocycles. The van der Waals surface area contributed by atoms with E-state index in [1.54, 1.807) is 6.20 Å². The lowest BCUT2D eigenvalue weighted by molar-refractivity contribution is -0.136. The van der Waals surface area contributed by atoms with Gasteiger partial charge in [0.25, 0.3) is 0 Å². The van der Waals surface area contributed by atoms with E-state index in [-0.39, 0.29) is 6.42 Å². The van der Waals surface area contributed by atoms with E-state index in [1.165, 1.54) is 12.2 Å². The first-order chi connectivity index (χ1) is 7.25. The molecule has 1 saturated heterocycles. The Morgan fingerprint density at radius 1 is 1.73 bits per heavy atom. The molecule has 82 valence electrons. The number of carboxylic acids is 1. The van der Waals surface area contributed by atoms with Crippen LogP contribution in [0, 0.1) is 0 Å². The van der Waals surface area contributed by atoms with Crippen molar-refractivity contribution in [2.75, 3.05) is 11.5 Å². The van der Waals surface area contributed by atoms with Crippen molar-refractivity contribution in [3.63, 3.8) is 0 Å². The van der Waals surface area contributed by atoms with Crippen molar-refractivity contribution in [3.8, 4) is 0 Å². The van der Waals surface area contributed by atoms with Gasteiger partial charge in [0.1, 0.15) is 0 Å². The standard InChI is InChI=1S/C10H14N2O2S/c13-10(14)4-8-5-11-12(6-8)9-2-1-3-15-7-9/h5-6,9H,1-4,7H2,(H,13,14). The van der Waals surface area contributed by atoms with Crippen LogP contribution in [0.4, 0.5) is 0 Å². The molecule has 1 aliphatic rings. The zero-order chi connectivity index (χ0) is 10.7. The van der Waals surface area contributed by atoms with Crippen LogP contribution >= 0.6 is 11.8 Å². The van der Waals surface area contributed by atoms with Crippen molar-refractivity contribution in [2.45, 2.75) is 25.3 Å². The second-order valence-electron chi connectivity index (χ2n) is 3.77. The second kappa shape index (κ2) is 4.70. The fourth-order valence-electron chi connectivity index (χ4n) is 1.78. The van der Waals surface area contributed by atoms with E-state index in [1.807, 2.05) is 22.6 Å². The van der Waals surface area contributed by atoms with Crippen LogP contribution in [-0.4, -0.2) is 32.4 Å². The van der Waals surface area contributed by atoms with Crippen LogP contribution in [0.1, 0.15) is 24.4 Å². The van der Waals surface area contributed by atoms with Crippen LogP contribution in [-0.2, 0) is 11.2 Å². The van der Waals surface area contributed by atoms with Gasteiger partial charge >= 0.3 is 5.97 Å². The third-order valence-corrected chi connectivity index (χ3v) is 3.72. The summed E-state index contributed by atoms with van der Waals surface area (Å²) in [5, 5.41) is 12.9. The average Bonchev–Trinajstić information content (AvgIpc) is 2.67. The summed E-state index contributed by atoms with van der Waals surface area (Å²) in [5.74, 6) is 1.53. The zero-order valence-corrected chi connectivity index (χ0v) is 9.24. The molecule has 2 heterocycles. The molecule has 1 aromatic heterocycles. The molecule has 0 aromatic carbocycles. The van der Waals surface area contributed by atoms with Crippen molar-refractivity contribution in [2.24, 2.45) is 0 Å². The van der Waals surface area contributed by atoms with Gasteiger partial charge in [-0.1, -0.05) is 0 Å². The van der Waals surface area contributed by atoms with Crippen LogP contribution in [0.15, 0.2) is 12.4 Å². The van der Waals surface area contributed by atoms with Gasteiger partial charge in [-0.15, -0.1) is 0 Å². The summed E-state index contributed by atoms with van der Waals surface area (Å²) in [6.07, 6.45) is 5.97. The fourth-order valence-corrected chi connectivity index (χ4v) is 2.90. The molecular weight excluding hydrogens is 212 g/mol. The van der Waals surface area contributed by atoms with E-state index in [4.69, 9.17) is 5.11 Å². The molecule has 0 bridgehead atoms. The van der Waals surface area contributed by atoms with Gasteiger partial charge in [-0.3, -0.25) is 9.48 Å². The predicted octanol–water partition coefficient (Wildman–Crippen LogP) is 1.58. The lowest BCUT2D eigenvalue weighted by Gasteiger charge is -2.21. The van der Waals surface area contributed by atoms with Gasteiger partial charge in [-0.25, -0.2) is 0 Å². The molecule has 0 radical (unpaired) electrons. The number of hydrogen-bond donors (Lipinski definition) is 1. The first-order valence-corrected chi connectivity index (χ1v) is 6.24. The molecule has 0 spiro atoms. The summed E-state index contributed by atoms with van der Waals surface area (Å²) >= 11 is 1.94. The van der Waals surface area contributed by atoms with Gasteiger partial charge in [0.05, 0.1) is 18.7 Å². The van der Waals surface area contributed by atoms with E-state index in [2.05, 4.69) is 5.10 Å². The second-order valence-corrected chi connectivity index (χ2v) is 4.92. The maximum absolute atomic E-state index is 10.5. The van der Waals surface area contributed by atoms with E-state index in [0.29, 0.717) is 6.04 Å². The van der Waals surface area contributed by atoms with Gasteiger partial charge in [0, 0.05) is 17.5 Å². The minimum absolute atomic E-state index is 0.0693. The molecule has 0 aliphatic carbocycles. The molecule has 5 heteroatoms. The van der Waals surface area contributed by atoms with Crippen molar-refractivity contribution in [1.29, 1.82) is 0 Å². The van der Waals surface area contributed by atoms with Crippen LogP contribution in [0.5, 0.6) is 0 Å². The minimum atomic E-state index is -0.799. The van der Waals surface area contributed by atoms with Crippen LogP contribution in [0.3, 0.4) is 0 Å². The molecule has 1 unspecified atom stereocenters. The number of carbonyl (C=O) groups is 1. The fraction of sp³-hybridized carbons (Fsp3) is 0.600. The molecule has 2 rings (SSSR count). The highest BCUT2D eigenvalue weighted by molar-refractivity contribution is 7.99. The molecule has 1 fully saturated rings. The summed E-state index contributed by atoms with van der Waals surface area (Å²) in [6, 6.07) is 0.450. The first-order valence-electron chi connectivity index (χ1n) is 5.08. The Morgan fingerprint density at radius 2 is 2.60 bits per heavy atom. The largest absolute Gasteiger partial charge is 0.481 e. The molecular formula is C10H14N2O2S. The summed E-state index contributed by atoms with van der Waals surface area (Å²) in [6.45, 7) is 0. The van der Waals surface area contributed by atoms with Crippen molar-refractivity contribution in [1.82, 2.24) is 9.78 Å². The minimum Gasteiger partial charge on any atom is -0.481 e. The van der Waals surface area contributed by atoms with Crippen molar-refractivity contribution in [3.05, 3.63) is 18.0 Å². The topological polar surface area (TPSA) is 55.1 Å². The summed E-state index contributed by atoms with van der Waals surface area (Å²) < 4.78 is 1.92. The monoisotopic (exact) mass is 226 g/mol. The van der Waals surface area contributed by atoms with E-state index >= 15 is 0 Å². The van der Waals surface area contributed by atoms with Crippen LogP contribution in [0.25, 0.3) is 0 Å².